The molecule has 5 heterocycles. The third kappa shape index (κ3) is 36.6. The molecule has 122 heavy (non-hydrogen) atoms. The number of halogens is 5. The predicted molar refractivity (Wildman–Crippen MR) is 472 cm³/mol. The Morgan fingerprint density at radius 2 is 0.639 bits per heavy atom. The molecule has 0 aliphatic carbocycles. The van der Waals surface area contributed by atoms with Crippen LogP contribution in [0.2, 0.25) is 0 Å². The number of pyridine rings is 5. The summed E-state index contributed by atoms with van der Waals surface area (Å²) in [5, 5.41) is 0. The van der Waals surface area contributed by atoms with E-state index < -0.39 is 75.9 Å². The molecule has 0 atom stereocenters. The number of carbonyl (C=O) groups is 9. The van der Waals surface area contributed by atoms with Gasteiger partial charge in [0.15, 0.2) is 5.82 Å². The molecule has 0 saturated heterocycles. The van der Waals surface area contributed by atoms with Crippen LogP contribution in [0.25, 0.3) is 0 Å². The largest absolute Gasteiger partial charge is 0.366 e. The molecule has 18 N–H and O–H groups in total. The second-order valence-corrected chi connectivity index (χ2v) is 37.6. The second kappa shape index (κ2) is 44.2. The summed E-state index contributed by atoms with van der Waals surface area (Å²) in [6.07, 6.45) is 7.49. The Labute approximate surface area is 715 Å². The van der Waals surface area contributed by atoms with Crippen molar-refractivity contribution in [3.63, 3.8) is 0 Å². The minimum Gasteiger partial charge on any atom is -0.366 e. The molecule has 660 valence electrons. The fourth-order valence-electron chi connectivity index (χ4n) is 9.92. The number of aromatic nitrogens is 5. The van der Waals surface area contributed by atoms with Crippen LogP contribution in [0.3, 0.4) is 0 Å². The van der Waals surface area contributed by atoms with Crippen LogP contribution in [0.15, 0.2) is 158 Å². The fourth-order valence-corrected chi connectivity index (χ4v) is 9.92. The highest BCUT2D eigenvalue weighted by Gasteiger charge is 2.26. The van der Waals surface area contributed by atoms with Gasteiger partial charge in [-0.2, -0.15) is 0 Å². The molecule has 0 fully saturated rings. The summed E-state index contributed by atoms with van der Waals surface area (Å²) in [7, 11) is 0. The van der Waals surface area contributed by atoms with Crippen LogP contribution in [-0.4, -0.2) is 78.1 Å². The smallest absolute Gasteiger partial charge is 0.267 e. The van der Waals surface area contributed by atoms with Crippen LogP contribution in [0.5, 0.6) is 0 Å². The molecule has 0 radical (unpaired) electrons. The quantitative estimate of drug-likeness (QED) is 0.0607. The van der Waals surface area contributed by atoms with E-state index in [1.165, 1.54) is 48.7 Å². The van der Waals surface area contributed by atoms with Gasteiger partial charge in [0.25, 0.3) is 29.5 Å². The summed E-state index contributed by atoms with van der Waals surface area (Å²) in [4.78, 5) is 118. The number of carbonyl (C=O) groups excluding carboxylic acids is 9. The zero-order chi connectivity index (χ0) is 94.9. The number of amides is 9. The SMILES string of the molecule is CC(C)(C)c1cc(C(N)=O)c(F)cc1F.CC(C)(C)c1cc(C(N)=O)c(F)cn1.CC(C)(C)c1cc(C(N)=O)ccc1F.CC(C)(C)c1cc(C(N)=O)ccn1.CC(C)(C)c1ccc(F)c(C(N)=O)c1.CC(C)(C)c1cccc(C(N)=O)c1.CC(C)(C)c1cccc(C(N)=O)n1.CC(C)(C)c1ccnc(C(N)=O)c1.CC(C)(C)c1cncc(C(N)=O)c1. The number of hydrogen-bond acceptors (Lipinski definition) is 14. The first-order valence-electron chi connectivity index (χ1n) is 38.7. The Hall–Kier alpha value is -12.5. The van der Waals surface area contributed by atoms with Gasteiger partial charge >= 0.3 is 0 Å². The van der Waals surface area contributed by atoms with Crippen LogP contribution in [0, 0.1) is 29.1 Å². The van der Waals surface area contributed by atoms with Gasteiger partial charge in [-0.3, -0.25) is 63.1 Å². The minimum absolute atomic E-state index is 0.00153. The third-order valence-electron chi connectivity index (χ3n) is 17.5. The van der Waals surface area contributed by atoms with Gasteiger partial charge < -0.3 is 51.6 Å². The molecule has 4 aromatic carbocycles. The molecule has 0 saturated carbocycles. The Bertz CT molecular complexity index is 4700. The van der Waals surface area contributed by atoms with Gasteiger partial charge in [-0.1, -0.05) is 211 Å². The topological polar surface area (TPSA) is 452 Å². The van der Waals surface area contributed by atoms with E-state index in [1.807, 2.05) is 134 Å². The van der Waals surface area contributed by atoms with E-state index in [0.717, 1.165) is 39.8 Å². The normalized spacial score (nSPS) is 11.4. The Balaban J connectivity index is 0.000000686. The summed E-state index contributed by atoms with van der Waals surface area (Å²) in [5.41, 5.74) is 54.1. The lowest BCUT2D eigenvalue weighted by Crippen LogP contribution is -2.19. The van der Waals surface area contributed by atoms with Gasteiger partial charge in [-0.15, -0.1) is 0 Å². The Morgan fingerprint density at radius 3 is 1.08 bits per heavy atom. The van der Waals surface area contributed by atoms with E-state index in [-0.39, 0.29) is 77.3 Å². The molecule has 9 rings (SSSR count). The first-order valence-corrected chi connectivity index (χ1v) is 38.7. The van der Waals surface area contributed by atoms with Crippen LogP contribution >= 0.6 is 0 Å². The van der Waals surface area contributed by atoms with Crippen molar-refractivity contribution in [1.29, 1.82) is 0 Å². The standard InChI is InChI=1S/C11H13F2NO.2C11H14FNO.C11H15NO.C10H13FN2O.4C10H14N2O/c1-11(2,3)7-4-6(10(14)15)8(12)5-9(7)13;1-11(2,3)7-4-5-9(12)8(6-7)10(13)14;1-11(2,3)8-6-7(10(13)14)4-5-9(8)12;1-11(2,3)9-6-4-5-8(7-9)10(12)13;1-10(2,3)8-4-6(9(12)14)7(11)5-13-8;1-10(2,3)8-4-7(9(11)13)5-12-6-8;1-10(2,3)7-4-5-12-8(6-7)9(11)13;1-10(2,3)8-6-7(9(11)13)4-5-12-8;1-10(2,3)8-6-4-5-7(12-8)9(11)13/h4-5H,1-3H3,(H2,14,15);2*4-6H,1-3H3,(H2,13,14);4-7H,1-3H3,(H2,12,13);4-5H,1-3H3,(H2,12,14);4*4-6H,1-3H3,(H2,11,13). The number of hydrogen-bond donors (Lipinski definition) is 9. The highest BCUT2D eigenvalue weighted by molar-refractivity contribution is 5.96. The van der Waals surface area contributed by atoms with Crippen molar-refractivity contribution >= 4 is 53.2 Å². The average Bonchev–Trinajstić information content (AvgIpc) is 0.803. The summed E-state index contributed by atoms with van der Waals surface area (Å²) in [5.74, 6) is -8.22. The van der Waals surface area contributed by atoms with Crippen LogP contribution in [0.4, 0.5) is 22.0 Å². The average molecular weight is 1690 g/mol. The molecule has 9 aromatic rings. The van der Waals surface area contributed by atoms with Gasteiger partial charge in [-0.25, -0.2) is 26.9 Å². The van der Waals surface area contributed by atoms with Gasteiger partial charge in [0, 0.05) is 80.9 Å². The molecule has 0 spiro atoms. The maximum atomic E-state index is 13.4. The number of rotatable bonds is 9. The second-order valence-electron chi connectivity index (χ2n) is 37.6. The van der Waals surface area contributed by atoms with E-state index in [2.05, 4.69) is 87.2 Å². The number of benzene rings is 4. The van der Waals surface area contributed by atoms with Gasteiger partial charge in [0.05, 0.1) is 28.5 Å². The van der Waals surface area contributed by atoms with E-state index in [1.54, 1.807) is 87.9 Å². The summed E-state index contributed by atoms with van der Waals surface area (Å²) in [6, 6.07) is 33.5. The third-order valence-corrected chi connectivity index (χ3v) is 17.5. The van der Waals surface area contributed by atoms with Crippen molar-refractivity contribution in [2.75, 3.05) is 0 Å². The molecule has 0 aliphatic rings. The van der Waals surface area contributed by atoms with Gasteiger partial charge in [0.2, 0.25) is 23.6 Å². The van der Waals surface area contributed by atoms with Crippen molar-refractivity contribution in [2.24, 2.45) is 51.6 Å². The van der Waals surface area contributed by atoms with Crippen molar-refractivity contribution in [2.45, 2.75) is 236 Å². The zero-order valence-electron chi connectivity index (χ0n) is 75.5. The minimum atomic E-state index is -0.923. The molecule has 0 bridgehead atoms. The molecule has 0 aliphatic heterocycles. The maximum Gasteiger partial charge on any atom is 0.267 e. The Kier molecular flexibility index (Phi) is 38.9. The van der Waals surface area contributed by atoms with E-state index in [9.17, 15) is 65.1 Å². The molecule has 0 unspecified atom stereocenters. The van der Waals surface area contributed by atoms with E-state index in [4.69, 9.17) is 51.6 Å². The lowest BCUT2D eigenvalue weighted by atomic mass is 9.85. The van der Waals surface area contributed by atoms with E-state index in [0.29, 0.717) is 51.0 Å². The maximum absolute atomic E-state index is 13.4. The monoisotopic (exact) mass is 1690 g/mol. The molecule has 23 nitrogen and oxygen atoms in total. The fraction of sp³-hybridized carbons (Fsp3) is 0.383. The lowest BCUT2D eigenvalue weighted by Gasteiger charge is -2.20. The van der Waals surface area contributed by atoms with Crippen molar-refractivity contribution in [3.8, 4) is 0 Å². The van der Waals surface area contributed by atoms with Crippen molar-refractivity contribution in [3.05, 3.63) is 288 Å². The van der Waals surface area contributed by atoms with Gasteiger partial charge in [0.1, 0.15) is 34.7 Å². The highest BCUT2D eigenvalue weighted by atomic mass is 19.1. The number of primary amides is 9. The van der Waals surface area contributed by atoms with Crippen molar-refractivity contribution < 1.29 is 65.1 Å². The van der Waals surface area contributed by atoms with Crippen LogP contribution in [-0.2, 0) is 48.7 Å². The highest BCUT2D eigenvalue weighted by Crippen LogP contribution is 2.31. The summed E-state index contributed by atoms with van der Waals surface area (Å²) < 4.78 is 66.1. The lowest BCUT2D eigenvalue weighted by molar-refractivity contribution is 0.0987. The van der Waals surface area contributed by atoms with Crippen LogP contribution in [0.1, 0.15) is 331 Å². The van der Waals surface area contributed by atoms with E-state index >= 15 is 0 Å². The predicted octanol–water partition coefficient (Wildman–Crippen LogP) is 16.4. The molecule has 5 aromatic heterocycles. The zero-order valence-corrected chi connectivity index (χ0v) is 75.5. The first kappa shape index (κ1) is 108. The molecule has 9 amide bonds. The Morgan fingerprint density at radius 1 is 0.246 bits per heavy atom. The molecule has 28 heteroatoms. The molecular formula is C94H125F5N14O9. The summed E-state index contributed by atoms with van der Waals surface area (Å²) in [6.45, 7) is 53.7. The van der Waals surface area contributed by atoms with Crippen LogP contribution < -0.4 is 51.6 Å². The van der Waals surface area contributed by atoms with Gasteiger partial charge in [-0.05, 0) is 163 Å². The molecular weight excluding hydrogens is 1560 g/mol. The first-order chi connectivity index (χ1) is 55.2. The number of nitrogens with two attached hydrogens (primary N) is 9. The number of nitrogens with zero attached hydrogens (tertiary/aromatic N) is 5. The van der Waals surface area contributed by atoms with Crippen molar-refractivity contribution in [1.82, 2.24) is 24.9 Å². The summed E-state index contributed by atoms with van der Waals surface area (Å²) >= 11 is 0.